The van der Waals surface area contributed by atoms with Gasteiger partial charge in [-0.2, -0.15) is 11.3 Å². The Hall–Kier alpha value is -1.46. The third kappa shape index (κ3) is 3.01. The summed E-state index contributed by atoms with van der Waals surface area (Å²) in [5, 5.41) is 7.16. The molecule has 0 saturated heterocycles. The first-order valence-electron chi connectivity index (χ1n) is 5.49. The molecule has 0 aromatic carbocycles. The highest BCUT2D eigenvalue weighted by atomic mass is 32.1. The molecule has 2 aromatic rings. The van der Waals surface area contributed by atoms with Crippen molar-refractivity contribution in [3.05, 3.63) is 28.7 Å². The highest BCUT2D eigenvalue weighted by molar-refractivity contribution is 7.08. The lowest BCUT2D eigenvalue weighted by Gasteiger charge is -2.06. The van der Waals surface area contributed by atoms with Crippen LogP contribution in [0.1, 0.15) is 12.7 Å². The van der Waals surface area contributed by atoms with E-state index in [1.54, 1.807) is 11.3 Å². The van der Waals surface area contributed by atoms with Crippen LogP contribution in [0.15, 0.2) is 22.9 Å². The second-order valence-electron chi connectivity index (χ2n) is 3.45. The minimum absolute atomic E-state index is 0.448. The van der Waals surface area contributed by atoms with Crippen LogP contribution < -0.4 is 5.32 Å². The van der Waals surface area contributed by atoms with Gasteiger partial charge in [0, 0.05) is 30.7 Å². The first-order valence-corrected chi connectivity index (χ1v) is 6.43. The molecule has 0 saturated carbocycles. The van der Waals surface area contributed by atoms with Crippen molar-refractivity contribution >= 4 is 17.2 Å². The molecule has 0 bridgehead atoms. The SMILES string of the molecule is CCOCc1nc(NC)cc(-c2ccsc2)n1. The number of hydrogen-bond acceptors (Lipinski definition) is 5. The lowest BCUT2D eigenvalue weighted by atomic mass is 10.2. The number of nitrogens with zero attached hydrogens (tertiary/aromatic N) is 2. The molecular formula is C12H15N3OS. The smallest absolute Gasteiger partial charge is 0.157 e. The average molecular weight is 249 g/mol. The molecule has 0 unspecified atom stereocenters. The Balaban J connectivity index is 2.32. The van der Waals surface area contributed by atoms with E-state index < -0.39 is 0 Å². The summed E-state index contributed by atoms with van der Waals surface area (Å²) in [6.07, 6.45) is 0. The number of nitrogens with one attached hydrogen (secondary N) is 1. The minimum atomic E-state index is 0.448. The number of thiophene rings is 1. The molecule has 0 amide bonds. The van der Waals surface area contributed by atoms with Crippen LogP contribution in [0.5, 0.6) is 0 Å². The molecule has 0 fully saturated rings. The van der Waals surface area contributed by atoms with E-state index in [9.17, 15) is 0 Å². The number of hydrogen-bond donors (Lipinski definition) is 1. The minimum Gasteiger partial charge on any atom is -0.374 e. The summed E-state index contributed by atoms with van der Waals surface area (Å²) in [6.45, 7) is 3.08. The van der Waals surface area contributed by atoms with Crippen LogP contribution in [-0.2, 0) is 11.3 Å². The van der Waals surface area contributed by atoms with Gasteiger partial charge in [0.2, 0.25) is 0 Å². The molecule has 4 nitrogen and oxygen atoms in total. The van der Waals surface area contributed by atoms with Gasteiger partial charge < -0.3 is 10.1 Å². The molecule has 5 heteroatoms. The van der Waals surface area contributed by atoms with Crippen molar-refractivity contribution in [2.24, 2.45) is 0 Å². The average Bonchev–Trinajstić information content (AvgIpc) is 2.89. The molecule has 1 N–H and O–H groups in total. The lowest BCUT2D eigenvalue weighted by molar-refractivity contribution is 0.128. The van der Waals surface area contributed by atoms with Gasteiger partial charge in [0.15, 0.2) is 5.82 Å². The van der Waals surface area contributed by atoms with Crippen LogP contribution in [0.3, 0.4) is 0 Å². The Morgan fingerprint density at radius 2 is 2.29 bits per heavy atom. The predicted octanol–water partition coefficient (Wildman–Crippen LogP) is 2.78. The number of rotatable bonds is 5. The molecule has 0 aliphatic rings. The zero-order valence-corrected chi connectivity index (χ0v) is 10.8. The second kappa shape index (κ2) is 5.75. The Labute approximate surface area is 105 Å². The summed E-state index contributed by atoms with van der Waals surface area (Å²) in [7, 11) is 1.85. The van der Waals surface area contributed by atoms with Crippen LogP contribution in [0.4, 0.5) is 5.82 Å². The van der Waals surface area contributed by atoms with Crippen molar-refractivity contribution in [1.29, 1.82) is 0 Å². The number of anilines is 1. The van der Waals surface area contributed by atoms with Crippen molar-refractivity contribution in [3.63, 3.8) is 0 Å². The fourth-order valence-corrected chi connectivity index (χ4v) is 2.09. The number of aromatic nitrogens is 2. The Bertz CT molecular complexity index is 471. The van der Waals surface area contributed by atoms with E-state index in [4.69, 9.17) is 4.74 Å². The molecular weight excluding hydrogens is 234 g/mol. The zero-order chi connectivity index (χ0) is 12.1. The molecule has 0 aliphatic heterocycles. The van der Waals surface area contributed by atoms with E-state index >= 15 is 0 Å². The molecule has 0 spiro atoms. The van der Waals surface area contributed by atoms with Crippen LogP contribution in [0, 0.1) is 0 Å². The van der Waals surface area contributed by atoms with Gasteiger partial charge >= 0.3 is 0 Å². The van der Waals surface area contributed by atoms with Crippen LogP contribution >= 0.6 is 11.3 Å². The summed E-state index contributed by atoms with van der Waals surface area (Å²) < 4.78 is 5.34. The zero-order valence-electron chi connectivity index (χ0n) is 9.93. The fraction of sp³-hybridized carbons (Fsp3) is 0.333. The predicted molar refractivity (Wildman–Crippen MR) is 70.2 cm³/mol. The van der Waals surface area contributed by atoms with Crippen LogP contribution in [-0.4, -0.2) is 23.6 Å². The van der Waals surface area contributed by atoms with Gasteiger partial charge in [-0.15, -0.1) is 0 Å². The largest absolute Gasteiger partial charge is 0.374 e. The lowest BCUT2D eigenvalue weighted by Crippen LogP contribution is -2.03. The summed E-state index contributed by atoms with van der Waals surface area (Å²) in [4.78, 5) is 8.85. The molecule has 0 radical (unpaired) electrons. The van der Waals surface area contributed by atoms with Crippen molar-refractivity contribution < 1.29 is 4.74 Å². The van der Waals surface area contributed by atoms with Crippen molar-refractivity contribution in [2.45, 2.75) is 13.5 Å². The fourth-order valence-electron chi connectivity index (χ4n) is 1.44. The normalized spacial score (nSPS) is 10.5. The van der Waals surface area contributed by atoms with E-state index in [-0.39, 0.29) is 0 Å². The second-order valence-corrected chi connectivity index (χ2v) is 4.23. The quantitative estimate of drug-likeness (QED) is 0.885. The van der Waals surface area contributed by atoms with Gasteiger partial charge in [0.1, 0.15) is 12.4 Å². The molecule has 2 rings (SSSR count). The highest BCUT2D eigenvalue weighted by Crippen LogP contribution is 2.22. The maximum absolute atomic E-state index is 5.34. The summed E-state index contributed by atoms with van der Waals surface area (Å²) in [5.41, 5.74) is 2.05. The Morgan fingerprint density at radius 1 is 1.41 bits per heavy atom. The van der Waals surface area contributed by atoms with E-state index in [0.717, 1.165) is 17.1 Å². The van der Waals surface area contributed by atoms with Crippen LogP contribution in [0.25, 0.3) is 11.3 Å². The van der Waals surface area contributed by atoms with Gasteiger partial charge in [-0.25, -0.2) is 9.97 Å². The summed E-state index contributed by atoms with van der Waals surface area (Å²) >= 11 is 1.66. The highest BCUT2D eigenvalue weighted by Gasteiger charge is 2.06. The molecule has 0 atom stereocenters. The van der Waals surface area contributed by atoms with Crippen molar-refractivity contribution in [3.8, 4) is 11.3 Å². The topological polar surface area (TPSA) is 47.0 Å². The molecule has 90 valence electrons. The van der Waals surface area contributed by atoms with E-state index in [2.05, 4.69) is 26.7 Å². The van der Waals surface area contributed by atoms with Gasteiger partial charge in [0.25, 0.3) is 0 Å². The van der Waals surface area contributed by atoms with Crippen molar-refractivity contribution in [1.82, 2.24) is 9.97 Å². The summed E-state index contributed by atoms with van der Waals surface area (Å²) in [5.74, 6) is 1.52. The maximum atomic E-state index is 5.34. The Morgan fingerprint density at radius 3 is 2.94 bits per heavy atom. The number of ether oxygens (including phenoxy) is 1. The molecule has 2 aromatic heterocycles. The van der Waals surface area contributed by atoms with E-state index in [1.807, 2.05) is 25.4 Å². The van der Waals surface area contributed by atoms with Crippen LogP contribution in [0.2, 0.25) is 0 Å². The third-order valence-corrected chi connectivity index (χ3v) is 2.96. The Kier molecular flexibility index (Phi) is 4.06. The maximum Gasteiger partial charge on any atom is 0.157 e. The monoisotopic (exact) mass is 249 g/mol. The molecule has 2 heterocycles. The molecule has 0 aliphatic carbocycles. The van der Waals surface area contributed by atoms with Gasteiger partial charge in [-0.1, -0.05) is 0 Å². The third-order valence-electron chi connectivity index (χ3n) is 2.28. The standard InChI is InChI=1S/C12H15N3OS/c1-3-16-7-12-14-10(6-11(13-2)15-12)9-4-5-17-8-9/h4-6,8H,3,7H2,1-2H3,(H,13,14,15). The first kappa shape index (κ1) is 12.0. The molecule has 17 heavy (non-hydrogen) atoms. The summed E-state index contributed by atoms with van der Waals surface area (Å²) in [6, 6.07) is 3.99. The van der Waals surface area contributed by atoms with E-state index in [0.29, 0.717) is 19.0 Å². The van der Waals surface area contributed by atoms with Gasteiger partial charge in [0.05, 0.1) is 5.69 Å². The van der Waals surface area contributed by atoms with Gasteiger partial charge in [-0.05, 0) is 18.4 Å². The van der Waals surface area contributed by atoms with E-state index in [1.165, 1.54) is 0 Å². The van der Waals surface area contributed by atoms with Crippen molar-refractivity contribution in [2.75, 3.05) is 19.0 Å². The van der Waals surface area contributed by atoms with Gasteiger partial charge in [-0.3, -0.25) is 0 Å². The first-order chi connectivity index (χ1) is 8.33.